The van der Waals surface area contributed by atoms with Gasteiger partial charge in [0.25, 0.3) is 5.91 Å². The lowest BCUT2D eigenvalue weighted by molar-refractivity contribution is -0.135. The second-order valence-electron chi connectivity index (χ2n) is 4.83. The summed E-state index contributed by atoms with van der Waals surface area (Å²) in [6.07, 6.45) is 1.06. The standard InChI is InChI=1S/C11H18N2O4/c1-8(7-14)6-13-9(15)11(12-10(13)16)2-4-17-5-3-11/h8,14H,2-7H2,1H3,(H,12,16). The lowest BCUT2D eigenvalue weighted by Gasteiger charge is -2.30. The van der Waals surface area contributed by atoms with Gasteiger partial charge in [0, 0.05) is 39.2 Å². The van der Waals surface area contributed by atoms with Crippen LogP contribution in [0.1, 0.15) is 19.8 Å². The molecule has 96 valence electrons. The van der Waals surface area contributed by atoms with Crippen LogP contribution in [0.2, 0.25) is 0 Å². The van der Waals surface area contributed by atoms with E-state index in [4.69, 9.17) is 9.84 Å². The van der Waals surface area contributed by atoms with Crippen LogP contribution in [0, 0.1) is 5.92 Å². The number of carbonyl (C=O) groups excluding carboxylic acids is 2. The topological polar surface area (TPSA) is 78.9 Å². The van der Waals surface area contributed by atoms with Gasteiger partial charge in [-0.3, -0.25) is 9.69 Å². The molecule has 6 nitrogen and oxygen atoms in total. The van der Waals surface area contributed by atoms with Crippen LogP contribution in [-0.4, -0.2) is 53.8 Å². The zero-order valence-electron chi connectivity index (χ0n) is 9.94. The number of rotatable bonds is 3. The van der Waals surface area contributed by atoms with Crippen molar-refractivity contribution in [1.29, 1.82) is 0 Å². The summed E-state index contributed by atoms with van der Waals surface area (Å²) in [6, 6.07) is -0.350. The highest BCUT2D eigenvalue weighted by atomic mass is 16.5. The van der Waals surface area contributed by atoms with Gasteiger partial charge >= 0.3 is 6.03 Å². The Kier molecular flexibility index (Phi) is 3.35. The van der Waals surface area contributed by atoms with E-state index in [9.17, 15) is 9.59 Å². The van der Waals surface area contributed by atoms with Gasteiger partial charge in [0.05, 0.1) is 0 Å². The van der Waals surface area contributed by atoms with E-state index < -0.39 is 5.54 Å². The first kappa shape index (κ1) is 12.3. The van der Waals surface area contributed by atoms with E-state index in [0.29, 0.717) is 26.1 Å². The fraction of sp³-hybridized carbons (Fsp3) is 0.818. The summed E-state index contributed by atoms with van der Waals surface area (Å²) in [7, 11) is 0. The quantitative estimate of drug-likeness (QED) is 0.667. The number of aliphatic hydroxyl groups excluding tert-OH is 1. The molecule has 0 aliphatic carbocycles. The number of ether oxygens (including phenoxy) is 1. The monoisotopic (exact) mass is 242 g/mol. The molecule has 0 aromatic rings. The molecule has 2 aliphatic heterocycles. The van der Waals surface area contributed by atoms with E-state index >= 15 is 0 Å². The molecule has 1 spiro atoms. The first-order valence-electron chi connectivity index (χ1n) is 5.92. The fourth-order valence-corrected chi connectivity index (χ4v) is 2.27. The van der Waals surface area contributed by atoms with Crippen molar-refractivity contribution >= 4 is 11.9 Å². The van der Waals surface area contributed by atoms with E-state index in [2.05, 4.69) is 5.32 Å². The van der Waals surface area contributed by atoms with Crippen molar-refractivity contribution in [3.8, 4) is 0 Å². The number of hydrogen-bond acceptors (Lipinski definition) is 4. The second-order valence-corrected chi connectivity index (χ2v) is 4.83. The molecule has 2 saturated heterocycles. The van der Waals surface area contributed by atoms with E-state index in [0.717, 1.165) is 0 Å². The highest BCUT2D eigenvalue weighted by Crippen LogP contribution is 2.28. The molecule has 0 aromatic carbocycles. The van der Waals surface area contributed by atoms with Gasteiger partial charge in [-0.25, -0.2) is 4.79 Å². The summed E-state index contributed by atoms with van der Waals surface area (Å²) >= 11 is 0. The number of amides is 3. The Hall–Kier alpha value is -1.14. The van der Waals surface area contributed by atoms with Crippen LogP contribution in [0.4, 0.5) is 4.79 Å². The van der Waals surface area contributed by atoms with Crippen LogP contribution in [0.5, 0.6) is 0 Å². The van der Waals surface area contributed by atoms with Gasteiger partial charge < -0.3 is 15.2 Å². The smallest absolute Gasteiger partial charge is 0.325 e. The maximum atomic E-state index is 12.2. The third kappa shape index (κ3) is 2.14. The van der Waals surface area contributed by atoms with E-state index in [1.54, 1.807) is 6.92 Å². The van der Waals surface area contributed by atoms with E-state index in [1.165, 1.54) is 4.90 Å². The second kappa shape index (κ2) is 4.62. The fourth-order valence-electron chi connectivity index (χ4n) is 2.27. The Morgan fingerprint density at radius 3 is 2.71 bits per heavy atom. The Balaban J connectivity index is 2.10. The zero-order chi connectivity index (χ0) is 12.5. The lowest BCUT2D eigenvalue weighted by Crippen LogP contribution is -2.51. The SMILES string of the molecule is CC(CO)CN1C(=O)NC2(CCOCC2)C1=O. The van der Waals surface area contributed by atoms with Crippen LogP contribution >= 0.6 is 0 Å². The number of aliphatic hydroxyl groups is 1. The van der Waals surface area contributed by atoms with Crippen LogP contribution < -0.4 is 5.32 Å². The van der Waals surface area contributed by atoms with Gasteiger partial charge in [-0.2, -0.15) is 0 Å². The minimum atomic E-state index is -0.759. The number of nitrogens with one attached hydrogen (secondary N) is 1. The van der Waals surface area contributed by atoms with Crippen molar-refractivity contribution in [2.45, 2.75) is 25.3 Å². The molecule has 2 N–H and O–H groups in total. The summed E-state index contributed by atoms with van der Waals surface area (Å²) in [5.41, 5.74) is -0.759. The predicted octanol–water partition coefficient (Wildman–Crippen LogP) is -0.284. The Morgan fingerprint density at radius 1 is 1.47 bits per heavy atom. The molecule has 0 aromatic heterocycles. The lowest BCUT2D eigenvalue weighted by atomic mass is 9.90. The minimum Gasteiger partial charge on any atom is -0.396 e. The number of hydrogen-bond donors (Lipinski definition) is 2. The average molecular weight is 242 g/mol. The zero-order valence-corrected chi connectivity index (χ0v) is 9.94. The van der Waals surface area contributed by atoms with Crippen molar-refractivity contribution in [3.05, 3.63) is 0 Å². The van der Waals surface area contributed by atoms with E-state index in [-0.39, 0.29) is 31.0 Å². The van der Waals surface area contributed by atoms with Gasteiger partial charge in [-0.15, -0.1) is 0 Å². The molecule has 0 saturated carbocycles. The first-order valence-corrected chi connectivity index (χ1v) is 5.92. The summed E-state index contributed by atoms with van der Waals surface area (Å²) in [5.74, 6) is -0.272. The molecule has 1 unspecified atom stereocenters. The molecule has 2 heterocycles. The molecular weight excluding hydrogens is 224 g/mol. The Labute approximate surface area is 99.9 Å². The van der Waals surface area contributed by atoms with Crippen molar-refractivity contribution in [1.82, 2.24) is 10.2 Å². The first-order chi connectivity index (χ1) is 8.09. The van der Waals surface area contributed by atoms with Gasteiger partial charge in [0.15, 0.2) is 0 Å². The molecule has 17 heavy (non-hydrogen) atoms. The third-order valence-electron chi connectivity index (χ3n) is 3.40. The summed E-state index contributed by atoms with van der Waals surface area (Å²) in [6.45, 7) is 3.03. The molecule has 3 amide bonds. The maximum absolute atomic E-state index is 12.2. The molecule has 0 radical (unpaired) electrons. The van der Waals surface area contributed by atoms with Crippen molar-refractivity contribution in [3.63, 3.8) is 0 Å². The van der Waals surface area contributed by atoms with Gasteiger partial charge in [0.2, 0.25) is 0 Å². The van der Waals surface area contributed by atoms with Crippen LogP contribution in [-0.2, 0) is 9.53 Å². The van der Waals surface area contributed by atoms with Crippen molar-refractivity contribution in [2.75, 3.05) is 26.4 Å². The molecule has 2 aliphatic rings. The van der Waals surface area contributed by atoms with Crippen LogP contribution in [0.25, 0.3) is 0 Å². The number of imide groups is 1. The third-order valence-corrected chi connectivity index (χ3v) is 3.40. The average Bonchev–Trinajstić information content (AvgIpc) is 2.55. The number of carbonyl (C=O) groups is 2. The summed E-state index contributed by atoms with van der Waals surface area (Å²) in [5, 5.41) is 11.8. The number of nitrogens with zero attached hydrogens (tertiary/aromatic N) is 1. The normalized spacial score (nSPS) is 25.2. The van der Waals surface area contributed by atoms with Gasteiger partial charge in [0.1, 0.15) is 5.54 Å². The molecule has 1 atom stereocenters. The Bertz CT molecular complexity index is 325. The van der Waals surface area contributed by atoms with Gasteiger partial charge in [-0.05, 0) is 5.92 Å². The summed E-state index contributed by atoms with van der Waals surface area (Å²) in [4.78, 5) is 25.2. The maximum Gasteiger partial charge on any atom is 0.325 e. The highest BCUT2D eigenvalue weighted by Gasteiger charge is 2.51. The summed E-state index contributed by atoms with van der Waals surface area (Å²) < 4.78 is 5.22. The predicted molar refractivity (Wildman–Crippen MR) is 59.3 cm³/mol. The highest BCUT2D eigenvalue weighted by molar-refractivity contribution is 6.07. The molecule has 2 rings (SSSR count). The van der Waals surface area contributed by atoms with Crippen molar-refractivity contribution < 1.29 is 19.4 Å². The molecule has 6 heteroatoms. The van der Waals surface area contributed by atoms with Crippen LogP contribution in [0.15, 0.2) is 0 Å². The molecule has 0 bridgehead atoms. The molecule has 2 fully saturated rings. The van der Waals surface area contributed by atoms with Crippen molar-refractivity contribution in [2.24, 2.45) is 5.92 Å². The molecular formula is C11H18N2O4. The van der Waals surface area contributed by atoms with E-state index in [1.807, 2.05) is 0 Å². The largest absolute Gasteiger partial charge is 0.396 e. The Morgan fingerprint density at radius 2 is 2.12 bits per heavy atom. The van der Waals surface area contributed by atoms with Gasteiger partial charge in [-0.1, -0.05) is 6.92 Å². The number of urea groups is 1. The van der Waals surface area contributed by atoms with Crippen LogP contribution in [0.3, 0.4) is 0 Å². The minimum absolute atomic E-state index is 0.0346.